The Bertz CT molecular complexity index is 126. The largest absolute Gasteiger partial charge is 0.423 e. The molecule has 5 heteroatoms. The molecule has 0 heterocycles. The van der Waals surface area contributed by atoms with Gasteiger partial charge in [-0.2, -0.15) is 0 Å². The van der Waals surface area contributed by atoms with Gasteiger partial charge in [0.15, 0.2) is 0 Å². The van der Waals surface area contributed by atoms with Crippen molar-refractivity contribution >= 4 is 8.72 Å². The van der Waals surface area contributed by atoms with Gasteiger partial charge in [0, 0.05) is 13.2 Å². The molecule has 0 aliphatic rings. The normalized spacial score (nSPS) is 18.8. The smallest absolute Gasteiger partial charge is 0.386 e. The molecule has 12 heavy (non-hydrogen) atoms. The van der Waals surface area contributed by atoms with Gasteiger partial charge in [0.2, 0.25) is 0 Å². The first-order valence-electron chi connectivity index (χ1n) is 4.35. The second-order valence-corrected chi connectivity index (χ2v) is 5.60. The lowest BCUT2D eigenvalue weighted by molar-refractivity contribution is 0.129. The van der Waals surface area contributed by atoms with Gasteiger partial charge in [-0.3, -0.25) is 0 Å². The third kappa shape index (κ3) is 4.17. The van der Waals surface area contributed by atoms with E-state index in [4.69, 9.17) is 20.0 Å². The molecule has 0 bridgehead atoms. The summed E-state index contributed by atoms with van der Waals surface area (Å²) in [4.78, 5) is 0. The maximum Gasteiger partial charge on any atom is 0.423 e. The van der Waals surface area contributed by atoms with Crippen LogP contribution in [0.25, 0.3) is 0 Å². The molecule has 0 saturated carbocycles. The van der Waals surface area contributed by atoms with Crippen LogP contribution in [0, 0.1) is 0 Å². The van der Waals surface area contributed by atoms with Crippen LogP contribution in [0.1, 0.15) is 26.7 Å². The van der Waals surface area contributed by atoms with Crippen molar-refractivity contribution in [2.45, 2.75) is 39.0 Å². The standard InChI is InChI=1S/C7H20N2O2Si/c1-4-6-12(9,10-3)11-7(8)5-2/h7H,4-6,8-9H2,1-3H3. The zero-order valence-electron chi connectivity index (χ0n) is 8.17. The van der Waals surface area contributed by atoms with Gasteiger partial charge >= 0.3 is 8.72 Å². The van der Waals surface area contributed by atoms with Crippen LogP contribution in [0.15, 0.2) is 0 Å². The Labute approximate surface area is 75.5 Å². The highest BCUT2D eigenvalue weighted by Gasteiger charge is 2.32. The zero-order valence-corrected chi connectivity index (χ0v) is 9.17. The maximum atomic E-state index is 5.90. The van der Waals surface area contributed by atoms with E-state index in [1.54, 1.807) is 7.11 Å². The monoisotopic (exact) mass is 192 g/mol. The third-order valence-electron chi connectivity index (χ3n) is 1.70. The van der Waals surface area contributed by atoms with Gasteiger partial charge in [0.1, 0.15) is 0 Å². The summed E-state index contributed by atoms with van der Waals surface area (Å²) in [5.74, 6) is 0. The fourth-order valence-corrected chi connectivity index (χ4v) is 2.69. The van der Waals surface area contributed by atoms with Gasteiger partial charge < -0.3 is 20.0 Å². The van der Waals surface area contributed by atoms with Crippen molar-refractivity contribution in [3.8, 4) is 0 Å². The van der Waals surface area contributed by atoms with Crippen molar-refractivity contribution in [2.24, 2.45) is 11.1 Å². The van der Waals surface area contributed by atoms with Crippen molar-refractivity contribution in [3.63, 3.8) is 0 Å². The molecule has 2 unspecified atom stereocenters. The Morgan fingerprint density at radius 3 is 2.33 bits per heavy atom. The Morgan fingerprint density at radius 2 is 2.00 bits per heavy atom. The molecule has 0 fully saturated rings. The molecule has 0 aromatic carbocycles. The highest BCUT2D eigenvalue weighted by Crippen LogP contribution is 2.10. The molecule has 0 aromatic rings. The number of hydrogen-bond acceptors (Lipinski definition) is 4. The predicted molar refractivity (Wildman–Crippen MR) is 51.4 cm³/mol. The van der Waals surface area contributed by atoms with Crippen LogP contribution < -0.4 is 11.1 Å². The molecule has 0 aliphatic carbocycles. The van der Waals surface area contributed by atoms with Crippen molar-refractivity contribution < 1.29 is 8.85 Å². The average Bonchev–Trinajstić information content (AvgIpc) is 2.05. The molecular weight excluding hydrogens is 172 g/mol. The Kier molecular flexibility index (Phi) is 5.69. The van der Waals surface area contributed by atoms with Gasteiger partial charge in [0.05, 0.1) is 6.23 Å². The number of rotatable bonds is 6. The van der Waals surface area contributed by atoms with Crippen molar-refractivity contribution in [1.82, 2.24) is 0 Å². The minimum atomic E-state index is -2.43. The summed E-state index contributed by atoms with van der Waals surface area (Å²) in [6.07, 6.45) is 1.44. The summed E-state index contributed by atoms with van der Waals surface area (Å²) in [6.45, 7) is 4.01. The first-order valence-corrected chi connectivity index (χ1v) is 6.45. The highest BCUT2D eigenvalue weighted by molar-refractivity contribution is 6.63. The van der Waals surface area contributed by atoms with E-state index in [1.165, 1.54) is 0 Å². The second kappa shape index (κ2) is 5.66. The topological polar surface area (TPSA) is 70.5 Å². The molecule has 4 nitrogen and oxygen atoms in total. The molecule has 0 aliphatic heterocycles. The van der Waals surface area contributed by atoms with Crippen molar-refractivity contribution in [2.75, 3.05) is 7.11 Å². The molecular formula is C7H20N2O2Si. The van der Waals surface area contributed by atoms with E-state index in [1.807, 2.05) is 6.92 Å². The van der Waals surface area contributed by atoms with Gasteiger partial charge in [0.25, 0.3) is 0 Å². The van der Waals surface area contributed by atoms with Gasteiger partial charge in [-0.25, -0.2) is 0 Å². The molecule has 0 amide bonds. The van der Waals surface area contributed by atoms with Crippen molar-refractivity contribution in [1.29, 1.82) is 0 Å². The lowest BCUT2D eigenvalue weighted by atomic mass is 10.5. The molecule has 0 saturated heterocycles. The maximum absolute atomic E-state index is 5.90. The van der Waals surface area contributed by atoms with E-state index >= 15 is 0 Å². The fourth-order valence-electron chi connectivity index (χ4n) is 0.897. The van der Waals surface area contributed by atoms with Crippen LogP contribution in [0.2, 0.25) is 6.04 Å². The quantitative estimate of drug-likeness (QED) is 0.479. The number of nitrogens with two attached hydrogens (primary N) is 2. The van der Waals surface area contributed by atoms with E-state index in [0.29, 0.717) is 0 Å². The molecule has 0 radical (unpaired) electrons. The molecule has 74 valence electrons. The van der Waals surface area contributed by atoms with Gasteiger partial charge in [-0.15, -0.1) is 0 Å². The van der Waals surface area contributed by atoms with E-state index in [2.05, 4.69) is 6.92 Å². The zero-order chi connectivity index (χ0) is 9.61. The molecule has 0 rings (SSSR count). The van der Waals surface area contributed by atoms with Crippen LogP contribution in [0.4, 0.5) is 0 Å². The summed E-state index contributed by atoms with van der Waals surface area (Å²) < 4.78 is 10.6. The lowest BCUT2D eigenvalue weighted by Gasteiger charge is -2.26. The minimum absolute atomic E-state index is 0.284. The SMILES string of the molecule is CCC[Si](N)(OC)OC(N)CC. The summed E-state index contributed by atoms with van der Waals surface area (Å²) in [7, 11) is -0.845. The Morgan fingerprint density at radius 1 is 1.42 bits per heavy atom. The van der Waals surface area contributed by atoms with Crippen molar-refractivity contribution in [3.05, 3.63) is 0 Å². The van der Waals surface area contributed by atoms with Crippen LogP contribution in [0.3, 0.4) is 0 Å². The van der Waals surface area contributed by atoms with Crippen LogP contribution >= 0.6 is 0 Å². The molecule has 0 aromatic heterocycles. The predicted octanol–water partition coefficient (Wildman–Crippen LogP) is 0.652. The summed E-state index contributed by atoms with van der Waals surface area (Å²) in [6, 6.07) is 0.789. The van der Waals surface area contributed by atoms with E-state index in [-0.39, 0.29) is 6.23 Å². The summed E-state index contributed by atoms with van der Waals surface area (Å²) in [5, 5.41) is 5.90. The van der Waals surface area contributed by atoms with Gasteiger partial charge in [-0.05, 0) is 6.42 Å². The van der Waals surface area contributed by atoms with Gasteiger partial charge in [-0.1, -0.05) is 20.3 Å². The van der Waals surface area contributed by atoms with E-state index in [0.717, 1.165) is 18.9 Å². The lowest BCUT2D eigenvalue weighted by Crippen LogP contribution is -2.55. The average molecular weight is 192 g/mol. The Hall–Kier alpha value is 0.0569. The summed E-state index contributed by atoms with van der Waals surface area (Å²) in [5.41, 5.74) is 5.62. The fraction of sp³-hybridized carbons (Fsp3) is 1.00. The molecule has 2 atom stereocenters. The summed E-state index contributed by atoms with van der Waals surface area (Å²) >= 11 is 0. The molecule has 4 N–H and O–H groups in total. The highest BCUT2D eigenvalue weighted by atomic mass is 28.4. The van der Waals surface area contributed by atoms with Crippen LogP contribution in [0.5, 0.6) is 0 Å². The second-order valence-electron chi connectivity index (χ2n) is 2.83. The first-order chi connectivity index (χ1) is 5.58. The van der Waals surface area contributed by atoms with Crippen LogP contribution in [-0.2, 0) is 8.85 Å². The minimum Gasteiger partial charge on any atom is -0.386 e. The van der Waals surface area contributed by atoms with E-state index in [9.17, 15) is 0 Å². The first kappa shape index (κ1) is 12.1. The molecule has 0 spiro atoms. The van der Waals surface area contributed by atoms with E-state index < -0.39 is 8.72 Å². The Balaban J connectivity index is 3.94. The third-order valence-corrected chi connectivity index (χ3v) is 4.29. The number of hydrogen-bond donors (Lipinski definition) is 2. The van der Waals surface area contributed by atoms with Crippen LogP contribution in [-0.4, -0.2) is 22.1 Å².